The predicted molar refractivity (Wildman–Crippen MR) is 125 cm³/mol. The van der Waals surface area contributed by atoms with Crippen LogP contribution in [-0.2, 0) is 11.3 Å². The van der Waals surface area contributed by atoms with Crippen LogP contribution in [0.5, 0.6) is 11.5 Å². The number of carbonyl (C=O) groups is 1. The van der Waals surface area contributed by atoms with Gasteiger partial charge in [-0.05, 0) is 31.7 Å². The molecular formula is C24H40N2O6. The van der Waals surface area contributed by atoms with E-state index in [1.807, 2.05) is 4.90 Å². The van der Waals surface area contributed by atoms with Crippen LogP contribution in [0.25, 0.3) is 0 Å². The van der Waals surface area contributed by atoms with E-state index in [1.54, 1.807) is 0 Å². The zero-order valence-corrected chi connectivity index (χ0v) is 20.5. The maximum Gasteiger partial charge on any atom is 0.410 e. The van der Waals surface area contributed by atoms with E-state index < -0.39 is 11.0 Å². The molecule has 0 aliphatic carbocycles. The van der Waals surface area contributed by atoms with Gasteiger partial charge in [-0.15, -0.1) is 0 Å². The zero-order chi connectivity index (χ0) is 24.1. The van der Waals surface area contributed by atoms with Crippen molar-refractivity contribution in [1.29, 1.82) is 0 Å². The number of nitrogens with zero attached hydrogens (tertiary/aromatic N) is 2. The molecule has 1 aromatic carbocycles. The molecule has 8 heteroatoms. The molecule has 0 aromatic heterocycles. The van der Waals surface area contributed by atoms with E-state index in [2.05, 4.69) is 27.7 Å². The lowest BCUT2D eigenvalue weighted by Gasteiger charge is -2.37. The number of nitro benzene ring substituents is 1. The number of rotatable bonds is 15. The third-order valence-electron chi connectivity index (χ3n) is 5.62. The zero-order valence-electron chi connectivity index (χ0n) is 20.5. The standard InChI is InChI=1S/C24H40N2O6/c1-7-11-19(12-8-2)25(20(13-9-3)14-10-4)24(27)32-17-18-15-22(30-5)23(31-6)16-21(18)26(28)29/h15-16,19-20H,7-14,17H2,1-6H3. The molecule has 0 aliphatic rings. The summed E-state index contributed by atoms with van der Waals surface area (Å²) >= 11 is 0. The highest BCUT2D eigenvalue weighted by Gasteiger charge is 2.31. The molecule has 0 N–H and O–H groups in total. The predicted octanol–water partition coefficient (Wildman–Crippen LogP) is 6.49. The first-order chi connectivity index (χ1) is 15.4. The first kappa shape index (κ1) is 27.5. The highest BCUT2D eigenvalue weighted by atomic mass is 16.6. The second-order valence-electron chi connectivity index (χ2n) is 8.02. The van der Waals surface area contributed by atoms with Gasteiger partial charge in [0, 0.05) is 12.1 Å². The van der Waals surface area contributed by atoms with E-state index in [4.69, 9.17) is 14.2 Å². The van der Waals surface area contributed by atoms with Crippen molar-refractivity contribution in [3.63, 3.8) is 0 Å². The number of hydrogen-bond donors (Lipinski definition) is 0. The van der Waals surface area contributed by atoms with Gasteiger partial charge in [-0.25, -0.2) is 4.79 Å². The smallest absolute Gasteiger partial charge is 0.410 e. The van der Waals surface area contributed by atoms with Crippen LogP contribution in [0.15, 0.2) is 12.1 Å². The Kier molecular flexibility index (Phi) is 12.5. The highest BCUT2D eigenvalue weighted by molar-refractivity contribution is 5.69. The molecule has 0 saturated carbocycles. The SMILES string of the molecule is CCCC(CCC)N(C(=O)OCc1cc(OC)c(OC)cc1[N+](=O)[O-])C(CCC)CCC. The summed E-state index contributed by atoms with van der Waals surface area (Å²) < 4.78 is 16.1. The minimum absolute atomic E-state index is 0.0981. The first-order valence-electron chi connectivity index (χ1n) is 11.7. The Balaban J connectivity index is 3.23. The number of ether oxygens (including phenoxy) is 3. The molecule has 0 aliphatic heterocycles. The van der Waals surface area contributed by atoms with Gasteiger partial charge in [0.2, 0.25) is 0 Å². The number of carbonyl (C=O) groups excluding carboxylic acids is 1. The van der Waals surface area contributed by atoms with Crippen LogP contribution in [0, 0.1) is 10.1 Å². The number of methoxy groups -OCH3 is 2. The Morgan fingerprint density at radius 1 is 0.906 bits per heavy atom. The second kappa shape index (κ2) is 14.5. The fraction of sp³-hybridized carbons (Fsp3) is 0.708. The van der Waals surface area contributed by atoms with Gasteiger partial charge in [-0.1, -0.05) is 53.4 Å². The molecule has 0 unspecified atom stereocenters. The van der Waals surface area contributed by atoms with Crippen molar-refractivity contribution in [3.05, 3.63) is 27.8 Å². The van der Waals surface area contributed by atoms with Crippen LogP contribution in [0.4, 0.5) is 10.5 Å². The molecule has 0 fully saturated rings. The van der Waals surface area contributed by atoms with E-state index in [1.165, 1.54) is 26.4 Å². The molecule has 1 rings (SSSR count). The van der Waals surface area contributed by atoms with Crippen molar-refractivity contribution in [2.75, 3.05) is 14.2 Å². The summed E-state index contributed by atoms with van der Waals surface area (Å²) in [4.78, 5) is 26.3. The molecule has 1 aromatic rings. The first-order valence-corrected chi connectivity index (χ1v) is 11.7. The Morgan fingerprint density at radius 2 is 1.34 bits per heavy atom. The summed E-state index contributed by atoms with van der Waals surface area (Å²) in [6, 6.07) is 3.00. The lowest BCUT2D eigenvalue weighted by atomic mass is 9.98. The van der Waals surface area contributed by atoms with Crippen molar-refractivity contribution in [2.24, 2.45) is 0 Å². The molecule has 0 bridgehead atoms. The minimum atomic E-state index is -0.503. The van der Waals surface area contributed by atoms with Gasteiger partial charge in [0.05, 0.1) is 30.8 Å². The number of hydrogen-bond acceptors (Lipinski definition) is 6. The van der Waals surface area contributed by atoms with E-state index >= 15 is 0 Å². The van der Waals surface area contributed by atoms with Crippen molar-refractivity contribution in [3.8, 4) is 11.5 Å². The van der Waals surface area contributed by atoms with E-state index in [9.17, 15) is 14.9 Å². The topological polar surface area (TPSA) is 91.1 Å². The van der Waals surface area contributed by atoms with Gasteiger partial charge in [-0.2, -0.15) is 0 Å². The van der Waals surface area contributed by atoms with Crippen molar-refractivity contribution in [1.82, 2.24) is 4.90 Å². The van der Waals surface area contributed by atoms with Crippen LogP contribution in [-0.4, -0.2) is 42.2 Å². The summed E-state index contributed by atoms with van der Waals surface area (Å²) in [5.74, 6) is 0.610. The quantitative estimate of drug-likeness (QED) is 0.223. The number of amides is 1. The summed E-state index contributed by atoms with van der Waals surface area (Å²) in [5, 5.41) is 11.6. The van der Waals surface area contributed by atoms with Crippen LogP contribution in [0.1, 0.15) is 84.6 Å². The summed E-state index contributed by atoms with van der Waals surface area (Å²) in [5.41, 5.74) is 0.102. The van der Waals surface area contributed by atoms with E-state index in [0.717, 1.165) is 51.4 Å². The van der Waals surface area contributed by atoms with Crippen molar-refractivity contribution < 1.29 is 23.9 Å². The molecule has 32 heavy (non-hydrogen) atoms. The Bertz CT molecular complexity index is 697. The third kappa shape index (κ3) is 7.57. The normalized spacial score (nSPS) is 11.0. The molecular weight excluding hydrogens is 412 g/mol. The maximum absolute atomic E-state index is 13.3. The lowest BCUT2D eigenvalue weighted by Crippen LogP contribution is -2.47. The fourth-order valence-corrected chi connectivity index (χ4v) is 4.18. The van der Waals surface area contributed by atoms with Gasteiger partial charge in [-0.3, -0.25) is 10.1 Å². The largest absolute Gasteiger partial charge is 0.493 e. The van der Waals surface area contributed by atoms with Gasteiger partial charge in [0.25, 0.3) is 5.69 Å². The molecule has 0 radical (unpaired) electrons. The Labute approximate surface area is 192 Å². The molecule has 182 valence electrons. The average molecular weight is 453 g/mol. The molecule has 1 amide bonds. The second-order valence-corrected chi connectivity index (χ2v) is 8.02. The summed E-state index contributed by atoms with van der Waals surface area (Å²) in [6.07, 6.45) is 7.11. The summed E-state index contributed by atoms with van der Waals surface area (Å²) in [6.45, 7) is 8.27. The van der Waals surface area contributed by atoms with Gasteiger partial charge < -0.3 is 19.1 Å². The minimum Gasteiger partial charge on any atom is -0.493 e. The maximum atomic E-state index is 13.3. The van der Waals surface area contributed by atoms with Crippen LogP contribution in [0.3, 0.4) is 0 Å². The van der Waals surface area contributed by atoms with Gasteiger partial charge >= 0.3 is 6.09 Å². The van der Waals surface area contributed by atoms with Gasteiger partial charge in [0.15, 0.2) is 11.5 Å². The molecule has 0 spiro atoms. The van der Waals surface area contributed by atoms with E-state index in [0.29, 0.717) is 5.75 Å². The van der Waals surface area contributed by atoms with Crippen LogP contribution < -0.4 is 9.47 Å². The van der Waals surface area contributed by atoms with E-state index in [-0.39, 0.29) is 35.7 Å². The number of nitro groups is 1. The Morgan fingerprint density at radius 3 is 1.72 bits per heavy atom. The Hall–Kier alpha value is -2.51. The van der Waals surface area contributed by atoms with Crippen molar-refractivity contribution >= 4 is 11.8 Å². The van der Waals surface area contributed by atoms with Crippen molar-refractivity contribution in [2.45, 2.75) is 97.8 Å². The fourth-order valence-electron chi connectivity index (χ4n) is 4.18. The number of benzene rings is 1. The highest BCUT2D eigenvalue weighted by Crippen LogP contribution is 2.35. The molecule has 8 nitrogen and oxygen atoms in total. The van der Waals surface area contributed by atoms with Crippen LogP contribution >= 0.6 is 0 Å². The lowest BCUT2D eigenvalue weighted by molar-refractivity contribution is -0.385. The van der Waals surface area contributed by atoms with Crippen LogP contribution in [0.2, 0.25) is 0 Å². The summed E-state index contributed by atoms with van der Waals surface area (Å²) in [7, 11) is 2.88. The van der Waals surface area contributed by atoms with Gasteiger partial charge in [0.1, 0.15) is 6.61 Å². The third-order valence-corrected chi connectivity index (χ3v) is 5.62. The molecule has 0 heterocycles. The monoisotopic (exact) mass is 452 g/mol. The molecule has 0 saturated heterocycles. The average Bonchev–Trinajstić information content (AvgIpc) is 2.77. The molecule has 0 atom stereocenters.